The van der Waals surface area contributed by atoms with Crippen LogP contribution < -0.4 is 5.11 Å². The fourth-order valence-corrected chi connectivity index (χ4v) is 0.833. The van der Waals surface area contributed by atoms with E-state index in [4.69, 9.17) is 5.41 Å². The molecule has 0 saturated carbocycles. The van der Waals surface area contributed by atoms with Crippen LogP contribution in [0.3, 0.4) is 0 Å². The highest BCUT2D eigenvalue weighted by Crippen LogP contribution is 2.03. The molecule has 0 amide bonds. The van der Waals surface area contributed by atoms with Crippen molar-refractivity contribution in [3.63, 3.8) is 0 Å². The lowest BCUT2D eigenvalue weighted by molar-refractivity contribution is -0.253. The molecule has 0 saturated heterocycles. The third-order valence-corrected chi connectivity index (χ3v) is 1.49. The Morgan fingerprint density at radius 2 is 2.00 bits per heavy atom. The van der Waals surface area contributed by atoms with Crippen molar-refractivity contribution in [2.75, 3.05) is 0 Å². The van der Waals surface area contributed by atoms with Crippen LogP contribution in [0, 0.1) is 12.3 Å². The van der Waals surface area contributed by atoms with E-state index in [1.54, 1.807) is 0 Å². The molecule has 0 atom stereocenters. The van der Waals surface area contributed by atoms with Gasteiger partial charge in [-0.1, -0.05) is 29.8 Å². The van der Waals surface area contributed by atoms with Crippen LogP contribution in [0.1, 0.15) is 11.1 Å². The molecule has 3 nitrogen and oxygen atoms in total. The molecule has 0 aromatic heterocycles. The molecule has 1 aromatic carbocycles. The largest absolute Gasteiger partial charge is 0.596 e. The van der Waals surface area contributed by atoms with Gasteiger partial charge < -0.3 is 9.84 Å². The monoisotopic (exact) mass is 164 g/mol. The van der Waals surface area contributed by atoms with E-state index in [0.717, 1.165) is 11.1 Å². The SMILES string of the molecule is Cc1ccc(COC(=N)[O-])cc1. The lowest BCUT2D eigenvalue weighted by Gasteiger charge is -2.11. The molecular formula is C9H10NO2-. The summed E-state index contributed by atoms with van der Waals surface area (Å²) in [5.41, 5.74) is 2.07. The third kappa shape index (κ3) is 2.62. The third-order valence-electron chi connectivity index (χ3n) is 1.49. The van der Waals surface area contributed by atoms with Crippen molar-refractivity contribution in [1.29, 1.82) is 5.41 Å². The highest BCUT2D eigenvalue weighted by molar-refractivity contribution is 5.57. The van der Waals surface area contributed by atoms with Gasteiger partial charge in [-0.15, -0.1) is 0 Å². The number of hydrogen-bond donors (Lipinski definition) is 1. The predicted octanol–water partition coefficient (Wildman–Crippen LogP) is 0.807. The van der Waals surface area contributed by atoms with Gasteiger partial charge in [-0.2, -0.15) is 0 Å². The average Bonchev–Trinajstić information content (AvgIpc) is 2.03. The van der Waals surface area contributed by atoms with Crippen molar-refractivity contribution in [3.05, 3.63) is 35.4 Å². The number of benzene rings is 1. The molecule has 0 radical (unpaired) electrons. The van der Waals surface area contributed by atoms with Crippen LogP contribution in [0.25, 0.3) is 0 Å². The smallest absolute Gasteiger partial charge is 0.142 e. The van der Waals surface area contributed by atoms with Gasteiger partial charge in [0.15, 0.2) is 0 Å². The fourth-order valence-electron chi connectivity index (χ4n) is 0.833. The summed E-state index contributed by atoms with van der Waals surface area (Å²) in [7, 11) is 0. The Bertz CT molecular complexity index is 266. The van der Waals surface area contributed by atoms with E-state index >= 15 is 0 Å². The van der Waals surface area contributed by atoms with Gasteiger partial charge in [-0.25, -0.2) is 0 Å². The molecule has 1 N–H and O–H groups in total. The van der Waals surface area contributed by atoms with Crippen LogP contribution >= 0.6 is 0 Å². The first-order chi connectivity index (χ1) is 5.68. The molecule has 0 fully saturated rings. The maximum Gasteiger partial charge on any atom is 0.142 e. The first-order valence-electron chi connectivity index (χ1n) is 3.62. The van der Waals surface area contributed by atoms with E-state index in [-0.39, 0.29) is 6.61 Å². The first kappa shape index (κ1) is 8.59. The van der Waals surface area contributed by atoms with E-state index in [0.29, 0.717) is 0 Å². The van der Waals surface area contributed by atoms with Crippen molar-refractivity contribution in [3.8, 4) is 0 Å². The zero-order valence-corrected chi connectivity index (χ0v) is 6.83. The molecule has 0 bridgehead atoms. The first-order valence-corrected chi connectivity index (χ1v) is 3.62. The Hall–Kier alpha value is -1.51. The standard InChI is InChI=1S/C9H11NO2/c1-7-2-4-8(5-3-7)6-12-9(10)11/h2-5H,6H2,1H3,(H2,10,11)/p-1. The van der Waals surface area contributed by atoms with Crippen molar-refractivity contribution < 1.29 is 9.84 Å². The Kier molecular flexibility index (Phi) is 2.69. The van der Waals surface area contributed by atoms with Crippen LogP contribution in [0.15, 0.2) is 24.3 Å². The second-order valence-corrected chi connectivity index (χ2v) is 2.56. The molecule has 1 rings (SSSR count). The molecule has 64 valence electrons. The Morgan fingerprint density at radius 1 is 1.42 bits per heavy atom. The molecule has 3 heteroatoms. The van der Waals surface area contributed by atoms with Gasteiger partial charge in [0.1, 0.15) is 6.08 Å². The fraction of sp³-hybridized carbons (Fsp3) is 0.222. The number of ether oxygens (including phenoxy) is 1. The molecule has 0 aliphatic carbocycles. The van der Waals surface area contributed by atoms with E-state index in [9.17, 15) is 5.11 Å². The molecule has 0 spiro atoms. The summed E-state index contributed by atoms with van der Waals surface area (Å²) < 4.78 is 4.50. The summed E-state index contributed by atoms with van der Waals surface area (Å²) in [6, 6.07) is 7.62. The van der Waals surface area contributed by atoms with E-state index in [1.807, 2.05) is 31.2 Å². The Morgan fingerprint density at radius 3 is 2.50 bits per heavy atom. The summed E-state index contributed by atoms with van der Waals surface area (Å²) in [4.78, 5) is 0. The molecule has 1 aromatic rings. The molecular weight excluding hydrogens is 154 g/mol. The minimum absolute atomic E-state index is 0.183. The average molecular weight is 164 g/mol. The highest BCUT2D eigenvalue weighted by atomic mass is 16.6. The Balaban J connectivity index is 2.53. The number of aryl methyl sites for hydroxylation is 1. The maximum atomic E-state index is 10.1. The number of rotatable bonds is 2. The van der Waals surface area contributed by atoms with Gasteiger partial charge in [-0.3, -0.25) is 5.41 Å². The molecule has 0 aliphatic heterocycles. The van der Waals surface area contributed by atoms with Crippen molar-refractivity contribution >= 4 is 6.08 Å². The zero-order chi connectivity index (χ0) is 8.97. The predicted molar refractivity (Wildman–Crippen MR) is 43.7 cm³/mol. The minimum atomic E-state index is -0.990. The van der Waals surface area contributed by atoms with E-state index in [2.05, 4.69) is 4.74 Å². The van der Waals surface area contributed by atoms with Crippen LogP contribution in [0.5, 0.6) is 0 Å². The van der Waals surface area contributed by atoms with Gasteiger partial charge >= 0.3 is 0 Å². The Labute approximate surface area is 71.1 Å². The molecule has 0 heterocycles. The van der Waals surface area contributed by atoms with E-state index in [1.165, 1.54) is 0 Å². The summed E-state index contributed by atoms with van der Waals surface area (Å²) in [5.74, 6) is 0. The van der Waals surface area contributed by atoms with Gasteiger partial charge in [-0.05, 0) is 12.5 Å². The van der Waals surface area contributed by atoms with Gasteiger partial charge in [0, 0.05) is 6.61 Å². The normalized spacial score (nSPS) is 9.42. The quantitative estimate of drug-likeness (QED) is 0.519. The summed E-state index contributed by atoms with van der Waals surface area (Å²) in [6.45, 7) is 2.17. The summed E-state index contributed by atoms with van der Waals surface area (Å²) >= 11 is 0. The van der Waals surface area contributed by atoms with Gasteiger partial charge in [0.05, 0.1) is 0 Å². The van der Waals surface area contributed by atoms with Crippen molar-refractivity contribution in [1.82, 2.24) is 0 Å². The van der Waals surface area contributed by atoms with Crippen molar-refractivity contribution in [2.45, 2.75) is 13.5 Å². The lowest BCUT2D eigenvalue weighted by Crippen LogP contribution is -2.19. The topological polar surface area (TPSA) is 56.1 Å². The minimum Gasteiger partial charge on any atom is -0.596 e. The van der Waals surface area contributed by atoms with Gasteiger partial charge in [0.2, 0.25) is 0 Å². The molecule has 0 aliphatic rings. The van der Waals surface area contributed by atoms with Crippen LogP contribution in [0.4, 0.5) is 0 Å². The van der Waals surface area contributed by atoms with E-state index < -0.39 is 6.08 Å². The van der Waals surface area contributed by atoms with Crippen LogP contribution in [0.2, 0.25) is 0 Å². The summed E-state index contributed by atoms with van der Waals surface area (Å²) in [6.07, 6.45) is -0.990. The second-order valence-electron chi connectivity index (χ2n) is 2.56. The second kappa shape index (κ2) is 3.76. The number of nitrogens with one attached hydrogen (secondary N) is 1. The van der Waals surface area contributed by atoms with Gasteiger partial charge in [0.25, 0.3) is 0 Å². The van der Waals surface area contributed by atoms with Crippen LogP contribution in [-0.4, -0.2) is 6.08 Å². The lowest BCUT2D eigenvalue weighted by atomic mass is 10.2. The maximum absolute atomic E-state index is 10.1. The molecule has 12 heavy (non-hydrogen) atoms. The van der Waals surface area contributed by atoms with Crippen molar-refractivity contribution in [2.24, 2.45) is 0 Å². The highest BCUT2D eigenvalue weighted by Gasteiger charge is 1.88. The summed E-state index contributed by atoms with van der Waals surface area (Å²) in [5, 5.41) is 16.6. The zero-order valence-electron chi connectivity index (χ0n) is 6.83. The van der Waals surface area contributed by atoms with Crippen LogP contribution in [-0.2, 0) is 11.3 Å². The number of hydrogen-bond acceptors (Lipinski definition) is 3. The molecule has 0 unspecified atom stereocenters.